The molecule has 2 amide bonds. The molecule has 1 aromatic rings. The highest BCUT2D eigenvalue weighted by Crippen LogP contribution is 2.52. The van der Waals surface area contributed by atoms with Crippen LogP contribution in [0.4, 0.5) is 5.69 Å². The van der Waals surface area contributed by atoms with Crippen molar-refractivity contribution in [1.82, 2.24) is 10.2 Å². The molecule has 4 bridgehead atoms. The summed E-state index contributed by atoms with van der Waals surface area (Å²) >= 11 is 1.49. The number of cyclic esters (lactones) is 2. The van der Waals surface area contributed by atoms with Crippen molar-refractivity contribution < 1.29 is 33.8 Å². The molecule has 0 saturated carbocycles. The summed E-state index contributed by atoms with van der Waals surface area (Å²) < 4.78 is 10.8. The van der Waals surface area contributed by atoms with E-state index in [-0.39, 0.29) is 47.9 Å². The van der Waals surface area contributed by atoms with Crippen molar-refractivity contribution in [3.05, 3.63) is 40.4 Å². The van der Waals surface area contributed by atoms with Crippen molar-refractivity contribution in [2.75, 3.05) is 25.1 Å². The normalized spacial score (nSPS) is 31.9. The number of benzene rings is 1. The molecule has 0 aromatic heterocycles. The van der Waals surface area contributed by atoms with Gasteiger partial charge in [0.05, 0.1) is 42.9 Å². The molecular weight excluding hydrogens is 486 g/mol. The summed E-state index contributed by atoms with van der Waals surface area (Å²) in [5.41, 5.74) is 1.03. The molecule has 11 heteroatoms. The standard InChI is InChI=1S/C25H29N3O7S/c1-12-19-18(13(2)29)23(31)28(19)20-21(12)36-16-10-17(26-11-16)22(30)27-15-6-3-5-14(9-15)24(32)34-7-4-8-35-25(20)33/h3,5-6,9,12-13,16-19,26,29H,4,7-8,10-11H2,1-2H3,(H,27,30)/t12-,13-,16+,17+,18-,19-/m1/s1. The van der Waals surface area contributed by atoms with E-state index in [1.165, 1.54) is 16.7 Å². The molecule has 3 N–H and O–H groups in total. The molecule has 2 fully saturated rings. The number of nitrogens with one attached hydrogen (secondary N) is 2. The van der Waals surface area contributed by atoms with Crippen LogP contribution in [0, 0.1) is 11.8 Å². The highest BCUT2D eigenvalue weighted by molar-refractivity contribution is 8.03. The Hall–Kier alpha value is -2.89. The van der Waals surface area contributed by atoms with Crippen molar-refractivity contribution in [2.45, 2.75) is 50.1 Å². The van der Waals surface area contributed by atoms with Crippen molar-refractivity contribution in [3.8, 4) is 0 Å². The van der Waals surface area contributed by atoms with Gasteiger partial charge in [-0.1, -0.05) is 13.0 Å². The predicted octanol–water partition coefficient (Wildman–Crippen LogP) is 1.26. The number of carbonyl (C=O) groups excluding carboxylic acids is 4. The zero-order valence-electron chi connectivity index (χ0n) is 20.1. The number of nitrogens with zero attached hydrogens (tertiary/aromatic N) is 1. The third-order valence-electron chi connectivity index (χ3n) is 7.12. The van der Waals surface area contributed by atoms with Crippen LogP contribution in [0.3, 0.4) is 0 Å². The molecule has 1 aromatic carbocycles. The van der Waals surface area contributed by atoms with E-state index in [4.69, 9.17) is 9.47 Å². The minimum atomic E-state index is -0.828. The molecule has 0 radical (unpaired) electrons. The lowest BCUT2D eigenvalue weighted by Crippen LogP contribution is -2.63. The number of carbonyl (C=O) groups is 4. The number of thioether (sulfide) groups is 1. The Labute approximate surface area is 212 Å². The van der Waals surface area contributed by atoms with E-state index >= 15 is 0 Å². The number of fused-ring (bicyclic) bond motifs is 6. The number of hydrogen-bond acceptors (Lipinski definition) is 9. The molecule has 5 rings (SSSR count). The van der Waals surface area contributed by atoms with E-state index < -0.39 is 30.0 Å². The predicted molar refractivity (Wildman–Crippen MR) is 131 cm³/mol. The van der Waals surface area contributed by atoms with Gasteiger partial charge >= 0.3 is 11.9 Å². The van der Waals surface area contributed by atoms with Crippen LogP contribution < -0.4 is 10.6 Å². The molecule has 0 aliphatic carbocycles. The third-order valence-corrected chi connectivity index (χ3v) is 8.63. The Morgan fingerprint density at radius 1 is 1.14 bits per heavy atom. The molecule has 36 heavy (non-hydrogen) atoms. The number of rotatable bonds is 1. The van der Waals surface area contributed by atoms with Gasteiger partial charge in [0.15, 0.2) is 0 Å². The van der Waals surface area contributed by atoms with Gasteiger partial charge in [0.2, 0.25) is 11.8 Å². The van der Waals surface area contributed by atoms with Crippen LogP contribution in [0.25, 0.3) is 0 Å². The number of aliphatic hydroxyl groups excluding tert-OH is 1. The van der Waals surface area contributed by atoms with E-state index in [1.54, 1.807) is 31.2 Å². The highest BCUT2D eigenvalue weighted by Gasteiger charge is 2.60. The Morgan fingerprint density at radius 2 is 1.89 bits per heavy atom. The lowest BCUT2D eigenvalue weighted by Gasteiger charge is -2.46. The molecule has 2 saturated heterocycles. The second kappa shape index (κ2) is 9.87. The van der Waals surface area contributed by atoms with E-state index in [0.29, 0.717) is 30.6 Å². The van der Waals surface area contributed by atoms with E-state index in [2.05, 4.69) is 10.6 Å². The van der Waals surface area contributed by atoms with E-state index in [9.17, 15) is 24.3 Å². The number of β-lactam (4-membered cyclic amide) rings is 1. The van der Waals surface area contributed by atoms with Crippen molar-refractivity contribution >= 4 is 41.2 Å². The van der Waals surface area contributed by atoms with Gasteiger partial charge < -0.3 is 30.1 Å². The average molecular weight is 516 g/mol. The zero-order chi connectivity index (χ0) is 25.6. The summed E-state index contributed by atoms with van der Waals surface area (Å²) in [5, 5.41) is 16.3. The molecule has 0 unspecified atom stereocenters. The summed E-state index contributed by atoms with van der Waals surface area (Å²) in [6, 6.07) is 5.80. The first-order chi connectivity index (χ1) is 17.3. The lowest BCUT2D eigenvalue weighted by atomic mass is 9.79. The van der Waals surface area contributed by atoms with E-state index in [0.717, 1.165) is 4.91 Å². The number of aliphatic hydroxyl groups is 1. The maximum atomic E-state index is 13.1. The Morgan fingerprint density at radius 3 is 2.64 bits per heavy atom. The number of anilines is 1. The molecule has 4 aliphatic heterocycles. The average Bonchev–Trinajstić information content (AvgIpc) is 3.40. The summed E-state index contributed by atoms with van der Waals surface area (Å²) in [7, 11) is 0. The smallest absolute Gasteiger partial charge is 0.355 e. The van der Waals surface area contributed by atoms with Crippen LogP contribution in [0.2, 0.25) is 0 Å². The topological polar surface area (TPSA) is 134 Å². The number of ether oxygens (including phenoxy) is 2. The van der Waals surface area contributed by atoms with Gasteiger partial charge in [0.25, 0.3) is 0 Å². The van der Waals surface area contributed by atoms with Gasteiger partial charge in [-0.2, -0.15) is 0 Å². The summed E-state index contributed by atoms with van der Waals surface area (Å²) in [5.74, 6) is -2.38. The first kappa shape index (κ1) is 24.8. The minimum absolute atomic E-state index is 0.00000207. The minimum Gasteiger partial charge on any atom is -0.462 e. The maximum Gasteiger partial charge on any atom is 0.355 e. The fourth-order valence-electron chi connectivity index (χ4n) is 5.34. The van der Waals surface area contributed by atoms with Gasteiger partial charge in [0, 0.05) is 34.7 Å². The van der Waals surface area contributed by atoms with Gasteiger partial charge in [-0.25, -0.2) is 9.59 Å². The number of amides is 2. The SMILES string of the molecule is C[C@@H](O)[C@H]1C(=O)N2C3=C(S[C@@H]4CN[C@@H](C4)C(=O)Nc4cccc(c4)C(=O)OCCCOC3=O)[C@H](C)[C@H]12. The molecular formula is C25H29N3O7S. The molecule has 10 nitrogen and oxygen atoms in total. The largest absolute Gasteiger partial charge is 0.462 e. The Kier molecular flexibility index (Phi) is 6.80. The maximum absolute atomic E-state index is 13.1. The number of hydrogen-bond donors (Lipinski definition) is 3. The first-order valence-corrected chi connectivity index (χ1v) is 13.0. The summed E-state index contributed by atoms with van der Waals surface area (Å²) in [6.45, 7) is 4.16. The Balaban J connectivity index is 1.41. The van der Waals surface area contributed by atoms with Crippen molar-refractivity contribution in [3.63, 3.8) is 0 Å². The quantitative estimate of drug-likeness (QED) is 0.373. The van der Waals surface area contributed by atoms with Crippen molar-refractivity contribution in [1.29, 1.82) is 0 Å². The molecule has 4 aliphatic rings. The third kappa shape index (κ3) is 4.39. The lowest BCUT2D eigenvalue weighted by molar-refractivity contribution is -0.164. The van der Waals surface area contributed by atoms with Crippen molar-refractivity contribution in [2.24, 2.45) is 11.8 Å². The zero-order valence-corrected chi connectivity index (χ0v) is 20.9. The van der Waals surface area contributed by atoms with Gasteiger partial charge in [-0.05, 0) is 31.5 Å². The number of esters is 2. The summed E-state index contributed by atoms with van der Waals surface area (Å²) in [4.78, 5) is 53.5. The van der Waals surface area contributed by atoms with Crippen LogP contribution in [0.1, 0.15) is 37.0 Å². The van der Waals surface area contributed by atoms with Crippen LogP contribution in [-0.4, -0.2) is 77.0 Å². The highest BCUT2D eigenvalue weighted by atomic mass is 32.2. The van der Waals surface area contributed by atoms with E-state index in [1.807, 2.05) is 6.92 Å². The summed E-state index contributed by atoms with van der Waals surface area (Å²) in [6.07, 6.45) is -0.0119. The van der Waals surface area contributed by atoms with Gasteiger partial charge in [-0.15, -0.1) is 11.8 Å². The molecule has 0 spiro atoms. The fourth-order valence-corrected chi connectivity index (χ4v) is 6.81. The van der Waals surface area contributed by atoms with Crippen LogP contribution in [0.15, 0.2) is 34.9 Å². The first-order valence-electron chi connectivity index (χ1n) is 12.2. The molecule has 4 heterocycles. The molecule has 192 valence electrons. The van der Waals surface area contributed by atoms with Gasteiger partial charge in [0.1, 0.15) is 5.70 Å². The monoisotopic (exact) mass is 515 g/mol. The second-order valence-corrected chi connectivity index (χ2v) is 10.9. The Bertz CT molecular complexity index is 1140. The second-order valence-electron chi connectivity index (χ2n) is 9.60. The fraction of sp³-hybridized carbons (Fsp3) is 0.520. The van der Waals surface area contributed by atoms with Crippen LogP contribution in [0.5, 0.6) is 0 Å². The van der Waals surface area contributed by atoms with Crippen LogP contribution in [-0.2, 0) is 23.9 Å². The van der Waals surface area contributed by atoms with Gasteiger partial charge in [-0.3, -0.25) is 9.59 Å². The van der Waals surface area contributed by atoms with Crippen LogP contribution >= 0.6 is 11.8 Å². The molecule has 6 atom stereocenters.